The van der Waals surface area contributed by atoms with Crippen molar-refractivity contribution in [3.05, 3.63) is 68.9 Å². The molecule has 2 nitrogen and oxygen atoms in total. The molecule has 21 heavy (non-hydrogen) atoms. The zero-order valence-electron chi connectivity index (χ0n) is 12.1. The smallest absolute Gasteiger partial charge is 0.137 e. The summed E-state index contributed by atoms with van der Waals surface area (Å²) in [5.41, 5.74) is 9.67. The van der Waals surface area contributed by atoms with Gasteiger partial charge in [0.25, 0.3) is 0 Å². The van der Waals surface area contributed by atoms with Gasteiger partial charge in [-0.3, -0.25) is 0 Å². The Bertz CT molecular complexity index is 645. The van der Waals surface area contributed by atoms with E-state index >= 15 is 0 Å². The van der Waals surface area contributed by atoms with Crippen LogP contribution in [0.4, 0.5) is 4.39 Å². The molecule has 0 aliphatic heterocycles. The van der Waals surface area contributed by atoms with Crippen LogP contribution in [0.3, 0.4) is 0 Å². The quantitative estimate of drug-likeness (QED) is 0.874. The van der Waals surface area contributed by atoms with Gasteiger partial charge in [0.2, 0.25) is 0 Å². The second-order valence-electron chi connectivity index (χ2n) is 5.27. The highest BCUT2D eigenvalue weighted by molar-refractivity contribution is 9.10. The largest absolute Gasteiger partial charge is 0.388 e. The van der Waals surface area contributed by atoms with E-state index in [1.807, 2.05) is 32.0 Å². The normalized spacial score (nSPS) is 14.0. The Labute approximate surface area is 132 Å². The molecule has 3 N–H and O–H groups in total. The van der Waals surface area contributed by atoms with E-state index in [0.29, 0.717) is 10.0 Å². The van der Waals surface area contributed by atoms with E-state index in [1.54, 1.807) is 12.1 Å². The fourth-order valence-electron chi connectivity index (χ4n) is 2.41. The van der Waals surface area contributed by atoms with Crippen molar-refractivity contribution in [2.24, 2.45) is 5.73 Å². The van der Waals surface area contributed by atoms with Crippen LogP contribution in [0, 0.1) is 19.7 Å². The van der Waals surface area contributed by atoms with Gasteiger partial charge in [-0.1, -0.05) is 30.3 Å². The summed E-state index contributed by atoms with van der Waals surface area (Å²) >= 11 is 3.20. The maximum absolute atomic E-state index is 13.6. The van der Waals surface area contributed by atoms with Crippen LogP contribution in [0.15, 0.2) is 40.9 Å². The maximum atomic E-state index is 13.6. The SMILES string of the molecule is Cc1ccc(C(CN)C(O)c2cccc(F)c2Br)cc1C. The standard InChI is InChI=1S/C17H19BrFNO/c1-10-6-7-12(8-11(10)2)14(9-20)17(21)13-4-3-5-15(19)16(13)18/h3-8,14,17,21H,9,20H2,1-2H3. The lowest BCUT2D eigenvalue weighted by Crippen LogP contribution is -2.21. The Morgan fingerprint density at radius 3 is 2.52 bits per heavy atom. The zero-order valence-corrected chi connectivity index (χ0v) is 13.7. The summed E-state index contributed by atoms with van der Waals surface area (Å²) in [6.07, 6.45) is -0.859. The fourth-order valence-corrected chi connectivity index (χ4v) is 2.91. The zero-order chi connectivity index (χ0) is 15.6. The molecule has 0 saturated carbocycles. The van der Waals surface area contributed by atoms with E-state index in [4.69, 9.17) is 5.73 Å². The van der Waals surface area contributed by atoms with Gasteiger partial charge >= 0.3 is 0 Å². The summed E-state index contributed by atoms with van der Waals surface area (Å²) in [5.74, 6) is -0.662. The molecule has 2 unspecified atom stereocenters. The molecule has 2 rings (SSSR count). The molecule has 0 heterocycles. The molecule has 4 heteroatoms. The summed E-state index contributed by atoms with van der Waals surface area (Å²) in [7, 11) is 0. The lowest BCUT2D eigenvalue weighted by Gasteiger charge is -2.24. The first-order chi connectivity index (χ1) is 9.95. The number of aliphatic hydroxyl groups is 1. The monoisotopic (exact) mass is 351 g/mol. The van der Waals surface area contributed by atoms with Crippen LogP contribution in [0.25, 0.3) is 0 Å². The van der Waals surface area contributed by atoms with E-state index in [9.17, 15) is 9.50 Å². The van der Waals surface area contributed by atoms with Crippen LogP contribution in [0.1, 0.15) is 34.3 Å². The predicted molar refractivity (Wildman–Crippen MR) is 86.8 cm³/mol. The van der Waals surface area contributed by atoms with Crippen molar-refractivity contribution >= 4 is 15.9 Å². The minimum atomic E-state index is -0.859. The third-order valence-corrected chi connectivity index (χ3v) is 4.73. The third kappa shape index (κ3) is 3.34. The van der Waals surface area contributed by atoms with Crippen molar-refractivity contribution in [1.82, 2.24) is 0 Å². The van der Waals surface area contributed by atoms with Gasteiger partial charge in [0, 0.05) is 12.5 Å². The van der Waals surface area contributed by atoms with E-state index < -0.39 is 6.10 Å². The Morgan fingerprint density at radius 2 is 1.90 bits per heavy atom. The molecule has 112 valence electrons. The molecule has 0 aliphatic rings. The highest BCUT2D eigenvalue weighted by Crippen LogP contribution is 2.35. The Hall–Kier alpha value is -1.23. The van der Waals surface area contributed by atoms with Crippen LogP contribution in [0.5, 0.6) is 0 Å². The average molecular weight is 352 g/mol. The first-order valence-electron chi connectivity index (χ1n) is 6.85. The molecule has 0 aromatic heterocycles. The van der Waals surface area contributed by atoms with Gasteiger partial charge in [-0.2, -0.15) is 0 Å². The van der Waals surface area contributed by atoms with Crippen molar-refractivity contribution in [1.29, 1.82) is 0 Å². The number of aliphatic hydroxyl groups excluding tert-OH is 1. The van der Waals surface area contributed by atoms with E-state index in [0.717, 1.165) is 11.1 Å². The van der Waals surface area contributed by atoms with Crippen molar-refractivity contribution in [3.8, 4) is 0 Å². The first kappa shape index (κ1) is 16.1. The number of hydrogen-bond acceptors (Lipinski definition) is 2. The lowest BCUT2D eigenvalue weighted by molar-refractivity contribution is 0.146. The number of nitrogens with two attached hydrogens (primary N) is 1. The molecule has 0 amide bonds. The number of aryl methyl sites for hydroxylation is 2. The fraction of sp³-hybridized carbons (Fsp3) is 0.294. The molecule has 0 bridgehead atoms. The van der Waals surface area contributed by atoms with Crippen LogP contribution < -0.4 is 5.73 Å². The first-order valence-corrected chi connectivity index (χ1v) is 7.64. The van der Waals surface area contributed by atoms with E-state index in [1.165, 1.54) is 11.6 Å². The molecule has 0 aliphatic carbocycles. The molecule has 2 atom stereocenters. The average Bonchev–Trinajstić information content (AvgIpc) is 2.46. The predicted octanol–water partition coefficient (Wildman–Crippen LogP) is 3.98. The summed E-state index contributed by atoms with van der Waals surface area (Å²) < 4.78 is 13.9. The summed E-state index contributed by atoms with van der Waals surface area (Å²) in [6, 6.07) is 10.7. The molecular weight excluding hydrogens is 333 g/mol. The minimum Gasteiger partial charge on any atom is -0.388 e. The topological polar surface area (TPSA) is 46.2 Å². The Balaban J connectivity index is 2.40. The van der Waals surface area contributed by atoms with Crippen LogP contribution in [-0.4, -0.2) is 11.7 Å². The molecule has 0 radical (unpaired) electrons. The highest BCUT2D eigenvalue weighted by Gasteiger charge is 2.24. The maximum Gasteiger partial charge on any atom is 0.137 e. The van der Waals surface area contributed by atoms with Gasteiger partial charge in [-0.15, -0.1) is 0 Å². The Morgan fingerprint density at radius 1 is 1.19 bits per heavy atom. The molecule has 0 saturated heterocycles. The van der Waals surface area contributed by atoms with Gasteiger partial charge in [0.05, 0.1) is 10.6 Å². The van der Waals surface area contributed by atoms with Crippen molar-refractivity contribution in [2.75, 3.05) is 6.54 Å². The Kier molecular flexibility index (Phi) is 5.14. The number of halogens is 2. The molecule has 0 spiro atoms. The van der Waals surface area contributed by atoms with Crippen LogP contribution in [-0.2, 0) is 0 Å². The molecule has 2 aromatic carbocycles. The highest BCUT2D eigenvalue weighted by atomic mass is 79.9. The van der Waals surface area contributed by atoms with Crippen LogP contribution >= 0.6 is 15.9 Å². The second kappa shape index (κ2) is 6.69. The number of rotatable bonds is 4. The summed E-state index contributed by atoms with van der Waals surface area (Å²) in [6.45, 7) is 4.35. The molecular formula is C17H19BrFNO. The van der Waals surface area contributed by atoms with Gasteiger partial charge in [0.1, 0.15) is 5.82 Å². The van der Waals surface area contributed by atoms with Gasteiger partial charge in [-0.25, -0.2) is 4.39 Å². The van der Waals surface area contributed by atoms with E-state index in [2.05, 4.69) is 15.9 Å². The number of benzene rings is 2. The van der Waals surface area contributed by atoms with Gasteiger partial charge < -0.3 is 10.8 Å². The third-order valence-electron chi connectivity index (χ3n) is 3.89. The second-order valence-corrected chi connectivity index (χ2v) is 6.07. The molecule has 2 aromatic rings. The molecule has 0 fully saturated rings. The van der Waals surface area contributed by atoms with Gasteiger partial charge in [0.15, 0.2) is 0 Å². The number of hydrogen-bond donors (Lipinski definition) is 2. The van der Waals surface area contributed by atoms with Crippen molar-refractivity contribution < 1.29 is 9.50 Å². The van der Waals surface area contributed by atoms with Gasteiger partial charge in [-0.05, 0) is 58.1 Å². The van der Waals surface area contributed by atoms with Crippen LogP contribution in [0.2, 0.25) is 0 Å². The van der Waals surface area contributed by atoms with Crippen molar-refractivity contribution in [3.63, 3.8) is 0 Å². The van der Waals surface area contributed by atoms with E-state index in [-0.39, 0.29) is 18.3 Å². The summed E-state index contributed by atoms with van der Waals surface area (Å²) in [4.78, 5) is 0. The summed E-state index contributed by atoms with van der Waals surface area (Å²) in [5, 5.41) is 10.6. The lowest BCUT2D eigenvalue weighted by atomic mass is 9.87. The van der Waals surface area contributed by atoms with Crippen molar-refractivity contribution in [2.45, 2.75) is 25.9 Å². The minimum absolute atomic E-state index is 0.276.